The van der Waals surface area contributed by atoms with Crippen molar-refractivity contribution in [3.8, 4) is 0 Å². The predicted octanol–water partition coefficient (Wildman–Crippen LogP) is 6.01. The molecule has 3 aromatic carbocycles. The van der Waals surface area contributed by atoms with Crippen LogP contribution >= 0.6 is 23.5 Å². The van der Waals surface area contributed by atoms with Crippen molar-refractivity contribution in [2.75, 3.05) is 25.6 Å². The van der Waals surface area contributed by atoms with Gasteiger partial charge in [0, 0.05) is 32.0 Å². The van der Waals surface area contributed by atoms with Gasteiger partial charge in [-0.05, 0) is 26.9 Å². The molecule has 0 aliphatic carbocycles. The zero-order valence-corrected chi connectivity index (χ0v) is 26.6. The van der Waals surface area contributed by atoms with Crippen molar-refractivity contribution in [3.05, 3.63) is 96.1 Å². The summed E-state index contributed by atoms with van der Waals surface area (Å²) in [7, 11) is 2.00. The lowest BCUT2D eigenvalue weighted by Gasteiger charge is -2.35. The molecule has 8 heteroatoms. The highest BCUT2D eigenvalue weighted by Gasteiger charge is 2.33. The van der Waals surface area contributed by atoms with E-state index in [9.17, 15) is 14.7 Å². The van der Waals surface area contributed by atoms with Gasteiger partial charge in [0.1, 0.15) is 0 Å². The van der Waals surface area contributed by atoms with E-state index in [4.69, 9.17) is 4.43 Å². The number of hydrogen-bond donors (Lipinski definition) is 1. The molecule has 2 unspecified atom stereocenters. The van der Waals surface area contributed by atoms with Crippen molar-refractivity contribution in [1.82, 2.24) is 4.90 Å². The number of nitrogens with zero attached hydrogens (tertiary/aromatic N) is 1. The van der Waals surface area contributed by atoms with Crippen molar-refractivity contribution in [2.24, 2.45) is 5.41 Å². The molecule has 2 atom stereocenters. The second kappa shape index (κ2) is 15.5. The molecule has 3 rings (SSSR count). The van der Waals surface area contributed by atoms with Gasteiger partial charge in [0.2, 0.25) is 5.91 Å². The third kappa shape index (κ3) is 9.84. The van der Waals surface area contributed by atoms with Crippen molar-refractivity contribution in [1.29, 1.82) is 0 Å². The van der Waals surface area contributed by atoms with E-state index in [0.29, 0.717) is 17.9 Å². The molecule has 213 valence electrons. The lowest BCUT2D eigenvalue weighted by molar-refractivity contribution is -0.136. The molecule has 40 heavy (non-hydrogen) atoms. The third-order valence-corrected chi connectivity index (χ3v) is 11.3. The fourth-order valence-corrected chi connectivity index (χ4v) is 9.16. The Labute approximate surface area is 249 Å². The molecule has 0 spiro atoms. The average Bonchev–Trinajstić information content (AvgIpc) is 2.92. The van der Waals surface area contributed by atoms with Crippen LogP contribution in [0.1, 0.15) is 55.4 Å². The summed E-state index contributed by atoms with van der Waals surface area (Å²) >= 11 is 3.32. The Morgan fingerprint density at radius 1 is 0.825 bits per heavy atom. The molecule has 0 aliphatic heterocycles. The van der Waals surface area contributed by atoms with Crippen molar-refractivity contribution in [2.45, 2.75) is 44.3 Å². The summed E-state index contributed by atoms with van der Waals surface area (Å²) in [5.74, 6) is 0.465. The SMILES string of the molecule is CN(C)C(=O)CCSC(SCCC(=O)O)c1cccc(C(O[Si](c2ccccc2)c2ccccc2)C(C)(C)C)c1. The van der Waals surface area contributed by atoms with Crippen LogP contribution in [0.25, 0.3) is 0 Å². The van der Waals surface area contributed by atoms with E-state index in [1.807, 2.05) is 12.1 Å². The zero-order valence-electron chi connectivity index (χ0n) is 24.0. The molecule has 3 aromatic rings. The van der Waals surface area contributed by atoms with E-state index >= 15 is 0 Å². The fourth-order valence-electron chi connectivity index (χ4n) is 4.18. The second-order valence-electron chi connectivity index (χ2n) is 10.9. The summed E-state index contributed by atoms with van der Waals surface area (Å²) in [6, 6.07) is 29.4. The zero-order chi connectivity index (χ0) is 29.1. The van der Waals surface area contributed by atoms with E-state index < -0.39 is 15.0 Å². The Morgan fingerprint density at radius 2 is 1.35 bits per heavy atom. The number of amides is 1. The maximum atomic E-state index is 12.2. The van der Waals surface area contributed by atoms with Crippen LogP contribution in [-0.4, -0.2) is 56.5 Å². The summed E-state index contributed by atoms with van der Waals surface area (Å²) in [4.78, 5) is 25.0. The smallest absolute Gasteiger partial charge is 0.304 e. The lowest BCUT2D eigenvalue weighted by Crippen LogP contribution is -2.47. The molecule has 0 saturated carbocycles. The summed E-state index contributed by atoms with van der Waals surface area (Å²) in [5.41, 5.74) is 2.05. The summed E-state index contributed by atoms with van der Waals surface area (Å²) < 4.78 is 7.14. The van der Waals surface area contributed by atoms with E-state index in [-0.39, 0.29) is 28.4 Å². The number of carbonyl (C=O) groups is 2. The Bertz CT molecular complexity index is 1180. The molecule has 1 amide bonds. The number of hydrogen-bond acceptors (Lipinski definition) is 5. The normalized spacial score (nSPS) is 13.2. The molecule has 5 nitrogen and oxygen atoms in total. The molecule has 0 heterocycles. The van der Waals surface area contributed by atoms with Crippen LogP contribution in [0.2, 0.25) is 0 Å². The average molecular weight is 595 g/mol. The summed E-state index contributed by atoms with van der Waals surface area (Å²) in [6.07, 6.45) is 0.388. The third-order valence-electron chi connectivity index (χ3n) is 6.25. The molecular formula is C32H40NO4S2Si. The highest BCUT2D eigenvalue weighted by Crippen LogP contribution is 2.43. The highest BCUT2D eigenvalue weighted by atomic mass is 32.2. The van der Waals surface area contributed by atoms with E-state index in [1.54, 1.807) is 42.5 Å². The second-order valence-corrected chi connectivity index (χ2v) is 15.6. The summed E-state index contributed by atoms with van der Waals surface area (Å²) in [5, 5.41) is 11.6. The first kappa shape index (κ1) is 32.0. The number of carboxylic acid groups (broad SMARTS) is 1. The van der Waals surface area contributed by atoms with Crippen LogP contribution < -0.4 is 10.4 Å². The Balaban J connectivity index is 1.92. The van der Waals surface area contributed by atoms with Gasteiger partial charge in [-0.15, -0.1) is 23.5 Å². The molecule has 0 aromatic heterocycles. The molecule has 0 saturated heterocycles. The Hall–Kier alpha value is -2.52. The molecule has 0 bridgehead atoms. The van der Waals surface area contributed by atoms with Crippen LogP contribution in [0.15, 0.2) is 84.9 Å². The van der Waals surface area contributed by atoms with Gasteiger partial charge >= 0.3 is 5.97 Å². The number of benzene rings is 3. The minimum absolute atomic E-state index is 0.0166. The fraction of sp³-hybridized carbons (Fsp3) is 0.375. The summed E-state index contributed by atoms with van der Waals surface area (Å²) in [6.45, 7) is 6.63. The van der Waals surface area contributed by atoms with E-state index in [0.717, 1.165) is 11.1 Å². The number of carbonyl (C=O) groups excluding carboxylic acids is 1. The first-order valence-electron chi connectivity index (χ1n) is 13.5. The minimum Gasteiger partial charge on any atom is -0.481 e. The molecule has 0 fully saturated rings. The molecular weight excluding hydrogens is 555 g/mol. The predicted molar refractivity (Wildman–Crippen MR) is 171 cm³/mol. The van der Waals surface area contributed by atoms with Gasteiger partial charge in [0.15, 0.2) is 0 Å². The van der Waals surface area contributed by atoms with Crippen molar-refractivity contribution >= 4 is 54.8 Å². The quantitative estimate of drug-likeness (QED) is 0.182. The largest absolute Gasteiger partial charge is 0.481 e. The monoisotopic (exact) mass is 594 g/mol. The Kier molecular flexibility index (Phi) is 12.4. The lowest BCUT2D eigenvalue weighted by atomic mass is 9.84. The van der Waals surface area contributed by atoms with Gasteiger partial charge in [-0.2, -0.15) is 0 Å². The van der Waals surface area contributed by atoms with Gasteiger partial charge in [-0.25, -0.2) is 0 Å². The Morgan fingerprint density at radius 3 is 1.85 bits per heavy atom. The van der Waals surface area contributed by atoms with E-state index in [2.05, 4.69) is 93.6 Å². The number of rotatable bonds is 14. The van der Waals surface area contributed by atoms with Crippen molar-refractivity contribution in [3.63, 3.8) is 0 Å². The van der Waals surface area contributed by atoms with Gasteiger partial charge in [-0.1, -0.05) is 106 Å². The van der Waals surface area contributed by atoms with Crippen LogP contribution in [0.5, 0.6) is 0 Å². The van der Waals surface area contributed by atoms with Crippen LogP contribution in [0, 0.1) is 5.41 Å². The maximum absolute atomic E-state index is 12.2. The molecule has 0 aliphatic rings. The highest BCUT2D eigenvalue weighted by molar-refractivity contribution is 8.16. The number of aliphatic carboxylic acids is 1. The van der Waals surface area contributed by atoms with Gasteiger partial charge in [0.05, 0.1) is 17.1 Å². The topological polar surface area (TPSA) is 66.8 Å². The number of thioether (sulfide) groups is 2. The van der Waals surface area contributed by atoms with Crippen molar-refractivity contribution < 1.29 is 19.1 Å². The number of carboxylic acids is 1. The first-order valence-corrected chi connectivity index (χ1v) is 17.0. The van der Waals surface area contributed by atoms with E-state index in [1.165, 1.54) is 10.4 Å². The van der Waals surface area contributed by atoms with Gasteiger partial charge in [0.25, 0.3) is 9.04 Å². The van der Waals surface area contributed by atoms with Crippen LogP contribution in [0.3, 0.4) is 0 Å². The minimum atomic E-state index is -1.53. The standard InChI is InChI=1S/C32H40NO4S2Si/c1-32(2,3)30(37-40(26-15-8-6-9-16-26)27-17-10-7-11-18-27)24-13-12-14-25(23-24)31(39-22-20-29(35)36)38-21-19-28(34)33(4)5/h6-18,23,30-31H,19-22H2,1-5H3,(H,35,36). The maximum Gasteiger partial charge on any atom is 0.304 e. The van der Waals surface area contributed by atoms with Crippen LogP contribution in [-0.2, 0) is 14.0 Å². The van der Waals surface area contributed by atoms with Crippen LogP contribution in [0.4, 0.5) is 0 Å². The van der Waals surface area contributed by atoms with Gasteiger partial charge in [-0.3, -0.25) is 9.59 Å². The van der Waals surface area contributed by atoms with Gasteiger partial charge < -0.3 is 14.4 Å². The molecule has 1 radical (unpaired) electrons. The first-order chi connectivity index (χ1) is 19.1. The molecule has 1 N–H and O–H groups in total.